The highest BCUT2D eigenvalue weighted by atomic mass is 16.3. The number of rotatable bonds is 37. The van der Waals surface area contributed by atoms with Crippen molar-refractivity contribution >= 4 is 47.6 Å². The highest BCUT2D eigenvalue weighted by molar-refractivity contribution is 5.97. The molecule has 23 heteroatoms. The number of benzene rings is 3. The van der Waals surface area contributed by atoms with Crippen LogP contribution in [0.3, 0.4) is 0 Å². The second kappa shape index (κ2) is 35.5. The second-order valence-corrected chi connectivity index (χ2v) is 19.0. The Morgan fingerprint density at radius 2 is 0.921 bits per heavy atom. The number of hydrogen-bond acceptors (Lipinski definition) is 16. The molecule has 0 aliphatic carbocycles. The van der Waals surface area contributed by atoms with Gasteiger partial charge in [-0.15, -0.1) is 0 Å². The molecule has 76 heavy (non-hydrogen) atoms. The predicted octanol–water partition coefficient (Wildman–Crippen LogP) is -2.66. The summed E-state index contributed by atoms with van der Waals surface area (Å²) >= 11 is 0. The van der Waals surface area contributed by atoms with Gasteiger partial charge < -0.3 is 75.0 Å². The van der Waals surface area contributed by atoms with Crippen LogP contribution in [0.25, 0.3) is 0 Å². The molecule has 0 aromatic heterocycles. The number of nitrogens with one attached hydrogen (secondary N) is 10. The molecule has 0 saturated carbocycles. The van der Waals surface area contributed by atoms with Gasteiger partial charge in [0, 0.05) is 39.1 Å². The van der Waals surface area contributed by atoms with Gasteiger partial charge in [0.15, 0.2) is 0 Å². The standard InChI is InChI=1S/C53H82N14O9/c1-34(2)27-44(51(74)64-41(20-24-55)48(71)61-40(33-68)19-23-54)65-52(75)45(28-36-13-7-4-8-14-36)66-49(72)42(21-25-56)63-50(73)43(22-26-60-53(76)46(67-57)35(3)69)62-47(70)39(31-58-29-37-15-9-5-10-16-37)32-59-30-38-17-11-6-12-18-38/h4-18,33-35,39-46,58-59,67,69H,19-32,54-57H2,1-3H3,(H,60,76)(H,61,71)(H,62,70)(H,63,73)(H,64,74)(H,65,75)(H,66,72)/t35-,40+,41+,42+,43+,44+,45-,46+/m1/s1. The van der Waals surface area contributed by atoms with Gasteiger partial charge in [-0.1, -0.05) is 105 Å². The molecule has 3 aromatic carbocycles. The van der Waals surface area contributed by atoms with Crippen LogP contribution in [0.2, 0.25) is 0 Å². The minimum atomic E-state index is -1.35. The minimum absolute atomic E-state index is 0.00827. The number of amides is 7. The fraction of sp³-hybridized carbons (Fsp3) is 0.509. The minimum Gasteiger partial charge on any atom is -0.391 e. The first kappa shape index (κ1) is 63.6. The van der Waals surface area contributed by atoms with Crippen LogP contribution in [0, 0.1) is 11.8 Å². The van der Waals surface area contributed by atoms with Crippen molar-refractivity contribution in [3.8, 4) is 0 Å². The summed E-state index contributed by atoms with van der Waals surface area (Å²) in [5.41, 5.74) is 22.3. The number of aldehydes is 1. The zero-order chi connectivity index (χ0) is 55.8. The van der Waals surface area contributed by atoms with Gasteiger partial charge in [0.25, 0.3) is 0 Å². The van der Waals surface area contributed by atoms with Gasteiger partial charge >= 0.3 is 0 Å². The molecule has 0 saturated heterocycles. The van der Waals surface area contributed by atoms with E-state index in [-0.39, 0.29) is 83.7 Å². The van der Waals surface area contributed by atoms with E-state index in [9.17, 15) is 43.5 Å². The van der Waals surface area contributed by atoms with E-state index in [1.807, 2.05) is 74.5 Å². The maximum Gasteiger partial charge on any atom is 0.243 e. The summed E-state index contributed by atoms with van der Waals surface area (Å²) in [6.07, 6.45) is -0.641. The van der Waals surface area contributed by atoms with E-state index >= 15 is 0 Å². The highest BCUT2D eigenvalue weighted by Gasteiger charge is 2.34. The van der Waals surface area contributed by atoms with Crippen molar-refractivity contribution in [1.29, 1.82) is 0 Å². The zero-order valence-corrected chi connectivity index (χ0v) is 43.9. The van der Waals surface area contributed by atoms with Gasteiger partial charge in [-0.3, -0.25) is 39.4 Å². The lowest BCUT2D eigenvalue weighted by atomic mass is 10.00. The van der Waals surface area contributed by atoms with Crippen molar-refractivity contribution in [3.63, 3.8) is 0 Å². The molecule has 0 aliphatic rings. The van der Waals surface area contributed by atoms with Crippen molar-refractivity contribution in [2.75, 3.05) is 39.3 Å². The van der Waals surface area contributed by atoms with Gasteiger partial charge in [0.2, 0.25) is 41.4 Å². The van der Waals surface area contributed by atoms with Crippen LogP contribution in [0.1, 0.15) is 69.6 Å². The Labute approximate surface area is 445 Å². The number of carbonyl (C=O) groups excluding carboxylic acids is 8. The third-order valence-corrected chi connectivity index (χ3v) is 12.2. The summed E-state index contributed by atoms with van der Waals surface area (Å²) in [5, 5.41) is 35.7. The van der Waals surface area contributed by atoms with Crippen LogP contribution in [0.5, 0.6) is 0 Å². The third-order valence-electron chi connectivity index (χ3n) is 12.2. The first-order chi connectivity index (χ1) is 36.5. The Balaban J connectivity index is 1.91. The largest absolute Gasteiger partial charge is 0.391 e. The summed E-state index contributed by atoms with van der Waals surface area (Å²) in [6.45, 7) is 6.23. The highest BCUT2D eigenvalue weighted by Crippen LogP contribution is 2.11. The monoisotopic (exact) mass is 1060 g/mol. The average Bonchev–Trinajstić information content (AvgIpc) is 3.40. The lowest BCUT2D eigenvalue weighted by molar-refractivity contribution is -0.135. The third kappa shape index (κ3) is 23.5. The normalized spacial score (nSPS) is 14.4. The number of aliphatic hydroxyl groups excluding tert-OH is 1. The zero-order valence-electron chi connectivity index (χ0n) is 43.9. The fourth-order valence-electron chi connectivity index (χ4n) is 8.03. The predicted molar refractivity (Wildman–Crippen MR) is 288 cm³/mol. The van der Waals surface area contributed by atoms with E-state index in [1.54, 1.807) is 30.3 Å². The molecule has 0 aliphatic heterocycles. The molecule has 8 atom stereocenters. The van der Waals surface area contributed by atoms with E-state index in [2.05, 4.69) is 53.3 Å². The molecule has 0 fully saturated rings. The summed E-state index contributed by atoms with van der Waals surface area (Å²) < 4.78 is 0. The van der Waals surface area contributed by atoms with Crippen LogP contribution in [0.15, 0.2) is 91.0 Å². The van der Waals surface area contributed by atoms with Crippen LogP contribution < -0.4 is 76.3 Å². The van der Waals surface area contributed by atoms with Gasteiger partial charge in [-0.2, -0.15) is 0 Å². The van der Waals surface area contributed by atoms with Crippen molar-refractivity contribution in [1.82, 2.24) is 53.3 Å². The Morgan fingerprint density at radius 3 is 1.37 bits per heavy atom. The maximum absolute atomic E-state index is 14.4. The summed E-state index contributed by atoms with van der Waals surface area (Å²) in [7, 11) is 0. The van der Waals surface area contributed by atoms with E-state index in [0.717, 1.165) is 11.1 Å². The van der Waals surface area contributed by atoms with Crippen LogP contribution in [0.4, 0.5) is 0 Å². The van der Waals surface area contributed by atoms with E-state index in [4.69, 9.17) is 23.0 Å². The Kier molecular flexibility index (Phi) is 29.7. The number of hydrazine groups is 1. The van der Waals surface area contributed by atoms with Crippen molar-refractivity contribution < 1.29 is 43.5 Å². The smallest absolute Gasteiger partial charge is 0.243 e. The van der Waals surface area contributed by atoms with Gasteiger partial charge in [0.1, 0.15) is 42.5 Å². The lowest BCUT2D eigenvalue weighted by Crippen LogP contribution is -2.60. The van der Waals surface area contributed by atoms with Crippen LogP contribution in [-0.4, -0.2) is 140 Å². The molecule has 0 spiro atoms. The van der Waals surface area contributed by atoms with Crippen molar-refractivity contribution in [2.45, 2.75) is 121 Å². The topological polar surface area (TPSA) is 381 Å². The number of hydrogen-bond donors (Lipinski definition) is 15. The Bertz CT molecular complexity index is 2180. The van der Waals surface area contributed by atoms with Crippen LogP contribution in [-0.2, 0) is 57.9 Å². The Hall–Kier alpha value is -6.70. The molecule has 3 aromatic rings. The number of nitrogens with two attached hydrogens (primary N) is 4. The molecule has 0 unspecified atom stereocenters. The lowest BCUT2D eigenvalue weighted by Gasteiger charge is -2.28. The molecular formula is C53H82N14O9. The summed E-state index contributed by atoms with van der Waals surface area (Å²) in [4.78, 5) is 109. The molecule has 7 amide bonds. The van der Waals surface area contributed by atoms with Gasteiger partial charge in [0.05, 0.1) is 18.1 Å². The molecular weight excluding hydrogens is 977 g/mol. The van der Waals surface area contributed by atoms with Gasteiger partial charge in [-0.25, -0.2) is 5.43 Å². The average molecular weight is 1060 g/mol. The molecule has 418 valence electrons. The molecule has 23 nitrogen and oxygen atoms in total. The summed E-state index contributed by atoms with van der Waals surface area (Å²) in [6, 6.07) is 19.5. The van der Waals surface area contributed by atoms with Gasteiger partial charge in [-0.05, 0) is 81.3 Å². The van der Waals surface area contributed by atoms with Crippen molar-refractivity contribution in [2.24, 2.45) is 34.9 Å². The molecule has 19 N–H and O–H groups in total. The number of carbonyl (C=O) groups is 8. The quantitative estimate of drug-likeness (QED) is 0.0159. The molecule has 0 radical (unpaired) electrons. The first-order valence-electron chi connectivity index (χ1n) is 25.9. The van der Waals surface area contributed by atoms with E-state index < -0.39 is 95.7 Å². The van der Waals surface area contributed by atoms with E-state index in [1.165, 1.54) is 6.92 Å². The second-order valence-electron chi connectivity index (χ2n) is 19.0. The maximum atomic E-state index is 14.4. The fourth-order valence-corrected chi connectivity index (χ4v) is 8.03. The SMILES string of the molecule is CC(C)C[C@H](NC(=O)[C@@H](Cc1ccccc1)NC(=O)[C@H](CCN)NC(=O)[C@H](CCNC(=O)[C@@H](NN)[C@@H](C)O)NC(=O)C(CNCc1ccccc1)CNCc1ccccc1)C(=O)N[C@@H](CCN)C(=O)N[C@H](C=O)CCN. The van der Waals surface area contributed by atoms with Crippen molar-refractivity contribution in [3.05, 3.63) is 108 Å². The first-order valence-corrected chi connectivity index (χ1v) is 25.9. The van der Waals surface area contributed by atoms with E-state index in [0.29, 0.717) is 24.9 Å². The Morgan fingerprint density at radius 1 is 0.513 bits per heavy atom. The molecule has 3 rings (SSSR count). The number of aliphatic hydroxyl groups is 1. The summed E-state index contributed by atoms with van der Waals surface area (Å²) in [5.74, 6) is -0.255. The molecule has 0 bridgehead atoms. The molecule has 0 heterocycles. The van der Waals surface area contributed by atoms with Crippen LogP contribution >= 0.6 is 0 Å².